The Hall–Kier alpha value is -3.94. The average Bonchev–Trinajstić information content (AvgIpc) is 3.12. The molecule has 1 unspecified atom stereocenters. The predicted molar refractivity (Wildman–Crippen MR) is 133 cm³/mol. The van der Waals surface area contributed by atoms with Crippen LogP contribution in [0.3, 0.4) is 0 Å². The van der Waals surface area contributed by atoms with E-state index in [-0.39, 0.29) is 18.4 Å². The smallest absolute Gasteiger partial charge is 0.411 e. The van der Waals surface area contributed by atoms with Crippen molar-refractivity contribution < 1.29 is 19.1 Å². The number of ether oxygens (including phenoxy) is 2. The van der Waals surface area contributed by atoms with E-state index in [1.807, 2.05) is 59.5 Å². The zero-order valence-electron chi connectivity index (χ0n) is 20.6. The third kappa shape index (κ3) is 4.17. The van der Waals surface area contributed by atoms with Gasteiger partial charge >= 0.3 is 6.09 Å². The van der Waals surface area contributed by atoms with Crippen molar-refractivity contribution in [3.05, 3.63) is 90.0 Å². The maximum absolute atomic E-state index is 13.4. The molecule has 0 aliphatic carbocycles. The minimum absolute atomic E-state index is 0.0317. The van der Waals surface area contributed by atoms with Gasteiger partial charge in [-0.15, -0.1) is 0 Å². The van der Waals surface area contributed by atoms with Crippen molar-refractivity contribution in [2.45, 2.75) is 43.9 Å². The van der Waals surface area contributed by atoms with Crippen molar-refractivity contribution >= 4 is 12.0 Å². The second-order valence-electron chi connectivity index (χ2n) is 9.49. The Labute approximate surface area is 210 Å². The summed E-state index contributed by atoms with van der Waals surface area (Å²) in [5.74, 6) is 0.766. The van der Waals surface area contributed by atoms with Crippen LogP contribution < -0.4 is 4.74 Å². The van der Waals surface area contributed by atoms with Crippen LogP contribution >= 0.6 is 0 Å². The maximum Gasteiger partial charge on any atom is 0.411 e. The molecule has 3 aromatic rings. The minimum atomic E-state index is -0.784. The van der Waals surface area contributed by atoms with Crippen LogP contribution in [0.1, 0.15) is 36.6 Å². The molecule has 36 heavy (non-hydrogen) atoms. The Bertz CT molecular complexity index is 1230. The highest BCUT2D eigenvalue weighted by Gasteiger charge is 2.64. The van der Waals surface area contributed by atoms with Crippen LogP contribution in [0, 0.1) is 0 Å². The molecule has 5 rings (SSSR count). The van der Waals surface area contributed by atoms with Crippen molar-refractivity contribution in [2.75, 3.05) is 20.2 Å². The minimum Gasteiger partial charge on any atom is -0.497 e. The van der Waals surface area contributed by atoms with E-state index >= 15 is 0 Å². The maximum atomic E-state index is 13.4. The van der Waals surface area contributed by atoms with Gasteiger partial charge in [-0.05, 0) is 48.4 Å². The molecule has 1 atom stereocenters. The molecule has 1 spiro atoms. The van der Waals surface area contributed by atoms with Crippen molar-refractivity contribution in [1.29, 1.82) is 0 Å². The van der Waals surface area contributed by atoms with E-state index < -0.39 is 11.1 Å². The van der Waals surface area contributed by atoms with Gasteiger partial charge in [-0.2, -0.15) is 0 Å². The lowest BCUT2D eigenvalue weighted by Gasteiger charge is -2.48. The zero-order chi connectivity index (χ0) is 25.2. The van der Waals surface area contributed by atoms with Gasteiger partial charge in [-0.1, -0.05) is 24.3 Å². The van der Waals surface area contributed by atoms with E-state index in [0.717, 1.165) is 22.6 Å². The van der Waals surface area contributed by atoms with Crippen LogP contribution in [0.25, 0.3) is 0 Å². The van der Waals surface area contributed by atoms with Gasteiger partial charge in [-0.25, -0.2) is 4.79 Å². The molecule has 0 saturated carbocycles. The first-order valence-corrected chi connectivity index (χ1v) is 12.2. The zero-order valence-corrected chi connectivity index (χ0v) is 20.6. The molecule has 186 valence electrons. The van der Waals surface area contributed by atoms with Crippen molar-refractivity contribution in [2.24, 2.45) is 0 Å². The Balaban J connectivity index is 1.42. The number of hydrogen-bond donors (Lipinski definition) is 0. The summed E-state index contributed by atoms with van der Waals surface area (Å²) in [6, 6.07) is 17.2. The van der Waals surface area contributed by atoms with E-state index in [1.165, 1.54) is 0 Å². The number of hydrogen-bond acceptors (Lipinski definition) is 6. The van der Waals surface area contributed by atoms with Crippen LogP contribution in [0.2, 0.25) is 0 Å². The van der Waals surface area contributed by atoms with Gasteiger partial charge < -0.3 is 14.4 Å². The average molecular weight is 487 g/mol. The Morgan fingerprint density at radius 1 is 1.08 bits per heavy atom. The number of nitrogens with zero attached hydrogens (tertiary/aromatic N) is 4. The molecule has 0 N–H and O–H groups in total. The number of aromatic nitrogens is 2. The second kappa shape index (κ2) is 9.60. The molecule has 4 heterocycles. The third-order valence-electron chi connectivity index (χ3n) is 7.61. The van der Waals surface area contributed by atoms with Crippen molar-refractivity contribution in [3.8, 4) is 5.75 Å². The molecule has 0 radical (unpaired) electrons. The Kier molecular flexibility index (Phi) is 6.35. The van der Waals surface area contributed by atoms with E-state index in [0.29, 0.717) is 32.5 Å². The van der Waals surface area contributed by atoms with Gasteiger partial charge in [0.25, 0.3) is 0 Å². The van der Waals surface area contributed by atoms with Gasteiger partial charge in [0.1, 0.15) is 16.9 Å². The molecule has 2 amide bonds. The Morgan fingerprint density at radius 2 is 1.92 bits per heavy atom. The number of pyridine rings is 2. The summed E-state index contributed by atoms with van der Waals surface area (Å²) in [6.07, 6.45) is 6.19. The number of piperidine rings is 1. The first-order valence-electron chi connectivity index (χ1n) is 12.2. The first kappa shape index (κ1) is 23.8. The van der Waals surface area contributed by atoms with Crippen molar-refractivity contribution in [1.82, 2.24) is 19.8 Å². The molecule has 2 aromatic heterocycles. The van der Waals surface area contributed by atoms with Gasteiger partial charge in [0, 0.05) is 50.2 Å². The number of likely N-dealkylation sites (tertiary alicyclic amines) is 1. The molecule has 2 fully saturated rings. The summed E-state index contributed by atoms with van der Waals surface area (Å²) in [5, 5.41) is 0. The van der Waals surface area contributed by atoms with Gasteiger partial charge in [-0.3, -0.25) is 19.7 Å². The SMILES string of the molecule is COc1cccc(CN2C(=O)OC3(CCN(C(=O)Cc4ccccn4)CC3)C2(C)c2cccnc2)c1. The van der Waals surface area contributed by atoms with Gasteiger partial charge in [0.2, 0.25) is 5.91 Å². The fourth-order valence-electron chi connectivity index (χ4n) is 5.47. The van der Waals surface area contributed by atoms with E-state index in [1.54, 1.807) is 30.6 Å². The van der Waals surface area contributed by atoms with Gasteiger partial charge in [0.15, 0.2) is 0 Å². The lowest BCUT2D eigenvalue weighted by molar-refractivity contribution is -0.136. The number of amides is 2. The number of rotatable bonds is 6. The Morgan fingerprint density at radius 3 is 2.61 bits per heavy atom. The quantitative estimate of drug-likeness (QED) is 0.525. The molecule has 1 aromatic carbocycles. The number of carbonyl (C=O) groups is 2. The number of methoxy groups -OCH3 is 1. The molecular formula is C28H30N4O4. The standard InChI is InChI=1S/C28H30N4O4/c1-27(22-8-6-13-29-19-22)28(36-26(34)32(27)20-21-7-5-10-24(17-21)35-2)11-15-31(16-12-28)25(33)18-23-9-3-4-14-30-23/h3-10,13-14,17,19H,11-12,15-16,18,20H2,1-2H3. The van der Waals surface area contributed by atoms with E-state index in [2.05, 4.69) is 16.9 Å². The van der Waals surface area contributed by atoms with Crippen molar-refractivity contribution in [3.63, 3.8) is 0 Å². The van der Waals surface area contributed by atoms with Crippen LogP contribution in [0.5, 0.6) is 5.75 Å². The number of carbonyl (C=O) groups excluding carboxylic acids is 2. The molecule has 2 saturated heterocycles. The highest BCUT2D eigenvalue weighted by molar-refractivity contribution is 5.79. The third-order valence-corrected chi connectivity index (χ3v) is 7.61. The summed E-state index contributed by atoms with van der Waals surface area (Å²) in [4.78, 5) is 38.7. The van der Waals surface area contributed by atoms with E-state index in [9.17, 15) is 9.59 Å². The highest BCUT2D eigenvalue weighted by Crippen LogP contribution is 2.52. The van der Waals surface area contributed by atoms with Crippen LogP contribution in [0.15, 0.2) is 73.2 Å². The monoisotopic (exact) mass is 486 g/mol. The summed E-state index contributed by atoms with van der Waals surface area (Å²) in [5.41, 5.74) is 1.05. The summed E-state index contributed by atoms with van der Waals surface area (Å²) >= 11 is 0. The largest absolute Gasteiger partial charge is 0.497 e. The lowest BCUT2D eigenvalue weighted by Crippen LogP contribution is -2.59. The van der Waals surface area contributed by atoms with Gasteiger partial charge in [0.05, 0.1) is 20.1 Å². The molecule has 8 heteroatoms. The summed E-state index contributed by atoms with van der Waals surface area (Å²) in [6.45, 7) is 3.43. The van der Waals surface area contributed by atoms with Crippen LogP contribution in [0.4, 0.5) is 4.79 Å². The fourth-order valence-corrected chi connectivity index (χ4v) is 5.47. The molecule has 2 aliphatic heterocycles. The van der Waals surface area contributed by atoms with Crippen LogP contribution in [-0.2, 0) is 28.0 Å². The summed E-state index contributed by atoms with van der Waals surface area (Å²) < 4.78 is 11.6. The first-order chi connectivity index (χ1) is 17.4. The second-order valence-corrected chi connectivity index (χ2v) is 9.49. The summed E-state index contributed by atoms with van der Waals surface area (Å²) in [7, 11) is 1.63. The topological polar surface area (TPSA) is 84.9 Å². The molecule has 0 bridgehead atoms. The normalized spacial score (nSPS) is 20.9. The van der Waals surface area contributed by atoms with E-state index in [4.69, 9.17) is 9.47 Å². The molecular weight excluding hydrogens is 456 g/mol. The highest BCUT2D eigenvalue weighted by atomic mass is 16.6. The number of benzene rings is 1. The van der Waals surface area contributed by atoms with Crippen LogP contribution in [-0.4, -0.2) is 57.6 Å². The predicted octanol–water partition coefficient (Wildman–Crippen LogP) is 3.96. The fraction of sp³-hybridized carbons (Fsp3) is 0.357. The molecule has 2 aliphatic rings. The lowest BCUT2D eigenvalue weighted by atomic mass is 9.70. The molecule has 8 nitrogen and oxygen atoms in total.